The molecule has 9 heteroatoms. The van der Waals surface area contributed by atoms with Crippen molar-refractivity contribution >= 4 is 23.6 Å². The average molecular weight is 390 g/mol. The fourth-order valence-corrected chi connectivity index (χ4v) is 3.99. The lowest BCUT2D eigenvalue weighted by atomic mass is 9.86. The van der Waals surface area contributed by atoms with Crippen LogP contribution < -0.4 is 16.4 Å². The molecule has 2 heterocycles. The molecule has 154 valence electrons. The number of likely N-dealkylation sites (tertiary alicyclic amines) is 1. The third-order valence-corrected chi connectivity index (χ3v) is 5.61. The molecule has 2 aliphatic rings. The molecule has 2 amide bonds. The van der Waals surface area contributed by atoms with Gasteiger partial charge in [0.15, 0.2) is 0 Å². The molecule has 1 aromatic rings. The number of nitrogens with one attached hydrogen (secondary N) is 2. The van der Waals surface area contributed by atoms with Gasteiger partial charge in [0.25, 0.3) is 5.91 Å². The Balaban J connectivity index is 1.65. The van der Waals surface area contributed by atoms with E-state index in [2.05, 4.69) is 20.6 Å². The number of carbonyl (C=O) groups is 2. The molecule has 4 N–H and O–H groups in total. The highest BCUT2D eigenvalue weighted by Gasteiger charge is 2.26. The highest BCUT2D eigenvalue weighted by atomic mass is 16.5. The van der Waals surface area contributed by atoms with Gasteiger partial charge in [0.05, 0.1) is 5.56 Å². The molecule has 9 nitrogen and oxygen atoms in total. The molecule has 1 atom stereocenters. The smallest absolute Gasteiger partial charge is 0.254 e. The zero-order valence-corrected chi connectivity index (χ0v) is 16.6. The number of hydrogen-bond donors (Lipinski definition) is 3. The zero-order chi connectivity index (χ0) is 20.1. The van der Waals surface area contributed by atoms with Gasteiger partial charge in [0.1, 0.15) is 5.82 Å². The topological polar surface area (TPSA) is 122 Å². The first-order valence-electron chi connectivity index (χ1n) is 9.90. The van der Waals surface area contributed by atoms with E-state index in [1.165, 1.54) is 6.20 Å². The fourth-order valence-electron chi connectivity index (χ4n) is 3.99. The lowest BCUT2D eigenvalue weighted by molar-refractivity contribution is -0.127. The Morgan fingerprint density at radius 3 is 2.57 bits per heavy atom. The molecule has 1 aliphatic heterocycles. The summed E-state index contributed by atoms with van der Waals surface area (Å²) in [4.78, 5) is 33.9. The first-order chi connectivity index (χ1) is 13.5. The number of carbonyl (C=O) groups excluding carboxylic acids is 2. The van der Waals surface area contributed by atoms with Gasteiger partial charge in [-0.3, -0.25) is 9.59 Å². The van der Waals surface area contributed by atoms with E-state index in [4.69, 9.17) is 10.5 Å². The van der Waals surface area contributed by atoms with E-state index in [0.717, 1.165) is 38.7 Å². The van der Waals surface area contributed by atoms with Crippen LogP contribution in [0.3, 0.4) is 0 Å². The lowest BCUT2D eigenvalue weighted by Crippen LogP contribution is -2.31. The van der Waals surface area contributed by atoms with Gasteiger partial charge in [-0.25, -0.2) is 4.98 Å². The second-order valence-electron chi connectivity index (χ2n) is 7.73. The molecule has 0 bridgehead atoms. The molecule has 1 saturated heterocycles. The van der Waals surface area contributed by atoms with Gasteiger partial charge in [-0.2, -0.15) is 4.98 Å². The number of nitrogens with two attached hydrogens (primary N) is 1. The standard InChI is InChI=1S/C19H30N6O3/c1-12(26)25-8-7-15(10-25)22-18-16(17(20)27)9-21-19(24-18)23-14-5-3-13(4-6-14)11-28-2/h9,13-15H,3-8,10-11H2,1-2H3,(H2,20,27)(H2,21,22,23,24). The third-order valence-electron chi connectivity index (χ3n) is 5.61. The first-order valence-corrected chi connectivity index (χ1v) is 9.90. The van der Waals surface area contributed by atoms with Gasteiger partial charge < -0.3 is 26.0 Å². The van der Waals surface area contributed by atoms with Crippen LogP contribution in [0, 0.1) is 5.92 Å². The van der Waals surface area contributed by atoms with Crippen LogP contribution in [-0.4, -0.2) is 65.6 Å². The molecule has 0 radical (unpaired) electrons. The van der Waals surface area contributed by atoms with Crippen molar-refractivity contribution in [2.75, 3.05) is 37.4 Å². The van der Waals surface area contributed by atoms with Crippen LogP contribution in [0.2, 0.25) is 0 Å². The van der Waals surface area contributed by atoms with Crippen LogP contribution in [0.5, 0.6) is 0 Å². The maximum Gasteiger partial charge on any atom is 0.254 e. The van der Waals surface area contributed by atoms with Crippen molar-refractivity contribution in [3.63, 3.8) is 0 Å². The number of anilines is 2. The predicted octanol–water partition coefficient (Wildman–Crippen LogP) is 1.23. The molecule has 2 fully saturated rings. The lowest BCUT2D eigenvalue weighted by Gasteiger charge is -2.28. The van der Waals surface area contributed by atoms with Crippen LogP contribution in [0.4, 0.5) is 11.8 Å². The molecule has 0 aromatic carbocycles. The first kappa shape index (κ1) is 20.3. The Hall–Kier alpha value is -2.42. The van der Waals surface area contributed by atoms with Crippen molar-refractivity contribution in [1.29, 1.82) is 0 Å². The van der Waals surface area contributed by atoms with E-state index >= 15 is 0 Å². The van der Waals surface area contributed by atoms with Crippen molar-refractivity contribution in [3.8, 4) is 0 Å². The second kappa shape index (κ2) is 9.18. The number of hydrogen-bond acceptors (Lipinski definition) is 7. The van der Waals surface area contributed by atoms with Gasteiger partial charge >= 0.3 is 0 Å². The Labute approximate surface area is 165 Å². The summed E-state index contributed by atoms with van der Waals surface area (Å²) in [6.07, 6.45) is 6.56. The van der Waals surface area contributed by atoms with Crippen LogP contribution in [0.1, 0.15) is 49.4 Å². The number of ether oxygens (including phenoxy) is 1. The normalized spacial score (nSPS) is 24.8. The quantitative estimate of drug-likeness (QED) is 0.640. The molecule has 1 aromatic heterocycles. The van der Waals surface area contributed by atoms with Gasteiger partial charge in [-0.1, -0.05) is 0 Å². The van der Waals surface area contributed by atoms with E-state index in [9.17, 15) is 9.59 Å². The predicted molar refractivity (Wildman–Crippen MR) is 106 cm³/mol. The largest absolute Gasteiger partial charge is 0.384 e. The molecule has 1 saturated carbocycles. The number of nitrogens with zero attached hydrogens (tertiary/aromatic N) is 3. The van der Waals surface area contributed by atoms with Crippen molar-refractivity contribution in [2.45, 2.75) is 51.1 Å². The van der Waals surface area contributed by atoms with Crippen molar-refractivity contribution in [2.24, 2.45) is 11.7 Å². The molecule has 0 spiro atoms. The highest BCUT2D eigenvalue weighted by Crippen LogP contribution is 2.27. The molecule has 1 unspecified atom stereocenters. The van der Waals surface area contributed by atoms with Crippen molar-refractivity contribution < 1.29 is 14.3 Å². The molecule has 28 heavy (non-hydrogen) atoms. The number of primary amides is 1. The molecular formula is C19H30N6O3. The van der Waals surface area contributed by atoms with Gasteiger partial charge in [0, 0.05) is 52.0 Å². The van der Waals surface area contributed by atoms with E-state index in [0.29, 0.717) is 36.8 Å². The minimum Gasteiger partial charge on any atom is -0.384 e. The number of methoxy groups -OCH3 is 1. The summed E-state index contributed by atoms with van der Waals surface area (Å²) in [5, 5.41) is 6.66. The Kier molecular flexibility index (Phi) is 6.66. The van der Waals surface area contributed by atoms with Gasteiger partial charge in [0.2, 0.25) is 11.9 Å². The number of aromatic nitrogens is 2. The fraction of sp³-hybridized carbons (Fsp3) is 0.684. The molecule has 3 rings (SSSR count). The molecule has 1 aliphatic carbocycles. The summed E-state index contributed by atoms with van der Waals surface area (Å²) in [5.74, 6) is 1.01. The van der Waals surface area contributed by atoms with E-state index < -0.39 is 5.91 Å². The second-order valence-corrected chi connectivity index (χ2v) is 7.73. The van der Waals surface area contributed by atoms with Gasteiger partial charge in [-0.15, -0.1) is 0 Å². The van der Waals surface area contributed by atoms with Crippen molar-refractivity contribution in [3.05, 3.63) is 11.8 Å². The molecular weight excluding hydrogens is 360 g/mol. The van der Waals surface area contributed by atoms with Crippen LogP contribution in [-0.2, 0) is 9.53 Å². The summed E-state index contributed by atoms with van der Waals surface area (Å²) >= 11 is 0. The third kappa shape index (κ3) is 5.09. The van der Waals surface area contributed by atoms with Crippen LogP contribution in [0.15, 0.2) is 6.20 Å². The number of rotatable bonds is 7. The monoisotopic (exact) mass is 390 g/mol. The minimum atomic E-state index is -0.574. The SMILES string of the molecule is COCC1CCC(Nc2ncc(C(N)=O)c(NC3CCN(C(C)=O)C3)n2)CC1. The van der Waals surface area contributed by atoms with Crippen LogP contribution in [0.25, 0.3) is 0 Å². The summed E-state index contributed by atoms with van der Waals surface area (Å²) in [6.45, 7) is 3.65. The average Bonchev–Trinajstić information content (AvgIpc) is 3.12. The highest BCUT2D eigenvalue weighted by molar-refractivity contribution is 5.97. The van der Waals surface area contributed by atoms with Crippen LogP contribution >= 0.6 is 0 Å². The summed E-state index contributed by atoms with van der Waals surface area (Å²) < 4.78 is 5.25. The Morgan fingerprint density at radius 2 is 1.96 bits per heavy atom. The van der Waals surface area contributed by atoms with E-state index in [-0.39, 0.29) is 17.5 Å². The van der Waals surface area contributed by atoms with Crippen molar-refractivity contribution in [1.82, 2.24) is 14.9 Å². The Bertz CT molecular complexity index is 705. The minimum absolute atomic E-state index is 0.0363. The summed E-state index contributed by atoms with van der Waals surface area (Å²) in [5.41, 5.74) is 5.75. The summed E-state index contributed by atoms with van der Waals surface area (Å²) in [7, 11) is 1.74. The van der Waals surface area contributed by atoms with E-state index in [1.54, 1.807) is 18.9 Å². The maximum atomic E-state index is 11.8. The zero-order valence-electron chi connectivity index (χ0n) is 16.6. The van der Waals surface area contributed by atoms with Gasteiger partial charge in [-0.05, 0) is 38.0 Å². The number of amides is 2. The summed E-state index contributed by atoms with van der Waals surface area (Å²) in [6, 6.07) is 0.342. The Morgan fingerprint density at radius 1 is 1.21 bits per heavy atom. The van der Waals surface area contributed by atoms with E-state index in [1.807, 2.05) is 0 Å². The maximum absolute atomic E-state index is 11.8.